The third-order valence-corrected chi connectivity index (χ3v) is 7.43. The van der Waals surface area contributed by atoms with Gasteiger partial charge in [-0.15, -0.1) is 0 Å². The molecule has 25 heavy (non-hydrogen) atoms. The molecule has 0 spiro atoms. The highest BCUT2D eigenvalue weighted by Crippen LogP contribution is 2.28. The van der Waals surface area contributed by atoms with Gasteiger partial charge in [0.2, 0.25) is 15.9 Å². The zero-order valence-electron chi connectivity index (χ0n) is 14.5. The Hall–Kier alpha value is -1.11. The lowest BCUT2D eigenvalue weighted by Gasteiger charge is -2.34. The van der Waals surface area contributed by atoms with Gasteiger partial charge in [0.05, 0.1) is 5.75 Å². The minimum atomic E-state index is -3.58. The van der Waals surface area contributed by atoms with Crippen molar-refractivity contribution in [3.63, 3.8) is 0 Å². The summed E-state index contributed by atoms with van der Waals surface area (Å²) in [6, 6.07) is 6.41. The highest BCUT2D eigenvalue weighted by molar-refractivity contribution is 7.88. The number of benzene rings is 1. The molecule has 0 unspecified atom stereocenters. The van der Waals surface area contributed by atoms with Gasteiger partial charge in [0.25, 0.3) is 0 Å². The number of carbonyl (C=O) groups is 1. The lowest BCUT2D eigenvalue weighted by Crippen LogP contribution is -2.50. The molecule has 3 rings (SSSR count). The largest absolute Gasteiger partial charge is 0.341 e. The van der Waals surface area contributed by atoms with Crippen LogP contribution in [0.25, 0.3) is 0 Å². The molecule has 0 radical (unpaired) electrons. The second kappa shape index (κ2) is 7.64. The van der Waals surface area contributed by atoms with Gasteiger partial charge in [-0.2, -0.15) is 4.31 Å². The van der Waals surface area contributed by atoms with E-state index in [0.29, 0.717) is 29.5 Å². The average molecular weight is 385 g/mol. The Kier molecular flexibility index (Phi) is 5.71. The van der Waals surface area contributed by atoms with E-state index in [2.05, 4.69) is 6.92 Å². The lowest BCUT2D eigenvalue weighted by molar-refractivity contribution is -0.135. The summed E-state index contributed by atoms with van der Waals surface area (Å²) in [5.41, 5.74) is 0.578. The molecule has 1 amide bonds. The molecule has 2 aliphatic rings. The van der Waals surface area contributed by atoms with Gasteiger partial charge in [-0.05, 0) is 43.2 Å². The Morgan fingerprint density at radius 2 is 1.84 bits per heavy atom. The number of halogens is 1. The molecule has 0 bridgehead atoms. The first-order valence-electron chi connectivity index (χ1n) is 8.90. The molecule has 0 aromatic heterocycles. The van der Waals surface area contributed by atoms with Crippen molar-refractivity contribution in [1.29, 1.82) is 0 Å². The van der Waals surface area contributed by atoms with Crippen molar-refractivity contribution in [2.24, 2.45) is 5.92 Å². The van der Waals surface area contributed by atoms with Crippen molar-refractivity contribution >= 4 is 27.5 Å². The minimum Gasteiger partial charge on any atom is -0.341 e. The van der Waals surface area contributed by atoms with Crippen molar-refractivity contribution in [3.05, 3.63) is 34.9 Å². The number of hydrogen-bond acceptors (Lipinski definition) is 3. The molecule has 0 aliphatic carbocycles. The molecule has 5 nitrogen and oxygen atoms in total. The maximum Gasteiger partial charge on any atom is 0.241 e. The first kappa shape index (κ1) is 18.7. The van der Waals surface area contributed by atoms with Crippen LogP contribution in [0, 0.1) is 5.92 Å². The number of carbonyl (C=O) groups excluding carboxylic acids is 1. The second-order valence-corrected chi connectivity index (χ2v) is 9.45. The summed E-state index contributed by atoms with van der Waals surface area (Å²) >= 11 is 6.11. The second-order valence-electron chi connectivity index (χ2n) is 7.12. The molecule has 7 heteroatoms. The summed E-state index contributed by atoms with van der Waals surface area (Å²) < 4.78 is 27.2. The Bertz CT molecular complexity index is 730. The normalized spacial score (nSPS) is 23.1. The molecule has 2 fully saturated rings. The van der Waals surface area contributed by atoms with E-state index in [1.54, 1.807) is 24.3 Å². The number of rotatable bonds is 4. The Morgan fingerprint density at radius 1 is 1.16 bits per heavy atom. The van der Waals surface area contributed by atoms with Crippen molar-refractivity contribution in [2.75, 3.05) is 19.6 Å². The van der Waals surface area contributed by atoms with Gasteiger partial charge in [0.15, 0.2) is 0 Å². The number of piperidine rings is 1. The zero-order valence-corrected chi connectivity index (χ0v) is 16.1. The summed E-state index contributed by atoms with van der Waals surface area (Å²) in [5.74, 6) is 0.438. The monoisotopic (exact) mass is 384 g/mol. The van der Waals surface area contributed by atoms with E-state index in [1.807, 2.05) is 4.90 Å². The zero-order chi connectivity index (χ0) is 18.0. The van der Waals surface area contributed by atoms with Gasteiger partial charge in [-0.3, -0.25) is 4.79 Å². The van der Waals surface area contributed by atoms with Crippen molar-refractivity contribution in [2.45, 2.75) is 44.4 Å². The molecule has 2 aliphatic heterocycles. The van der Waals surface area contributed by atoms with Crippen LogP contribution in [0.1, 0.15) is 38.2 Å². The van der Waals surface area contributed by atoms with Crippen LogP contribution in [0.5, 0.6) is 0 Å². The number of nitrogens with zero attached hydrogens (tertiary/aromatic N) is 2. The van der Waals surface area contributed by atoms with Crippen LogP contribution >= 0.6 is 11.6 Å². The van der Waals surface area contributed by atoms with E-state index in [9.17, 15) is 13.2 Å². The molecule has 0 N–H and O–H groups in total. The van der Waals surface area contributed by atoms with Gasteiger partial charge >= 0.3 is 0 Å². The van der Waals surface area contributed by atoms with Gasteiger partial charge in [0, 0.05) is 24.7 Å². The van der Waals surface area contributed by atoms with Crippen molar-refractivity contribution < 1.29 is 13.2 Å². The van der Waals surface area contributed by atoms with Gasteiger partial charge in [0.1, 0.15) is 6.04 Å². The summed E-state index contributed by atoms with van der Waals surface area (Å²) in [7, 11) is -3.58. The third-order valence-electron chi connectivity index (χ3n) is 5.24. The van der Waals surface area contributed by atoms with E-state index in [0.717, 1.165) is 32.4 Å². The standard InChI is InChI=1S/C18H25ClN2O3S/c1-14-8-11-20(12-9-14)18(22)17-7-4-10-21(17)25(23,24)13-15-5-2-3-6-16(15)19/h2-3,5-6,14,17H,4,7-13H2,1H3/t17-/m0/s1. The SMILES string of the molecule is CC1CCN(C(=O)[C@@H]2CCCN2S(=O)(=O)Cc2ccccc2Cl)CC1. The molecular weight excluding hydrogens is 360 g/mol. The summed E-state index contributed by atoms with van der Waals surface area (Å²) in [6.07, 6.45) is 3.31. The van der Waals surface area contributed by atoms with E-state index in [4.69, 9.17) is 11.6 Å². The molecule has 1 aromatic carbocycles. The average Bonchev–Trinajstić information content (AvgIpc) is 3.07. The summed E-state index contributed by atoms with van der Waals surface area (Å²) in [6.45, 7) is 4.06. The predicted molar refractivity (Wildman–Crippen MR) is 98.8 cm³/mol. The lowest BCUT2D eigenvalue weighted by atomic mass is 9.98. The first-order valence-corrected chi connectivity index (χ1v) is 10.9. The third kappa shape index (κ3) is 4.18. The van der Waals surface area contributed by atoms with E-state index in [1.165, 1.54) is 4.31 Å². The Balaban J connectivity index is 1.74. The van der Waals surface area contributed by atoms with Crippen LogP contribution in [-0.4, -0.2) is 49.2 Å². The molecule has 2 saturated heterocycles. The quantitative estimate of drug-likeness (QED) is 0.802. The number of likely N-dealkylation sites (tertiary alicyclic amines) is 1. The van der Waals surface area contributed by atoms with Crippen LogP contribution in [0.4, 0.5) is 0 Å². The molecule has 138 valence electrons. The highest BCUT2D eigenvalue weighted by atomic mass is 35.5. The minimum absolute atomic E-state index is 0.0351. The van der Waals surface area contributed by atoms with Crippen LogP contribution < -0.4 is 0 Å². The van der Waals surface area contributed by atoms with E-state index < -0.39 is 16.1 Å². The van der Waals surface area contributed by atoms with E-state index >= 15 is 0 Å². The number of amides is 1. The number of hydrogen-bond donors (Lipinski definition) is 0. The van der Waals surface area contributed by atoms with Crippen LogP contribution in [0.3, 0.4) is 0 Å². The first-order chi connectivity index (χ1) is 11.9. The molecule has 0 saturated carbocycles. The maximum absolute atomic E-state index is 12.9. The van der Waals surface area contributed by atoms with Crippen LogP contribution in [0.15, 0.2) is 24.3 Å². The molecule has 1 atom stereocenters. The Labute approximate surface area is 155 Å². The fourth-order valence-electron chi connectivity index (χ4n) is 3.65. The van der Waals surface area contributed by atoms with Gasteiger partial charge in [-0.25, -0.2) is 8.42 Å². The Morgan fingerprint density at radius 3 is 2.52 bits per heavy atom. The molecule has 1 aromatic rings. The predicted octanol–water partition coefficient (Wildman–Crippen LogP) is 2.89. The van der Waals surface area contributed by atoms with Crippen LogP contribution in [0.2, 0.25) is 5.02 Å². The maximum atomic E-state index is 12.9. The topological polar surface area (TPSA) is 57.7 Å². The summed E-state index contributed by atoms with van der Waals surface area (Å²) in [4.78, 5) is 14.7. The van der Waals surface area contributed by atoms with E-state index in [-0.39, 0.29) is 11.7 Å². The molecule has 2 heterocycles. The highest BCUT2D eigenvalue weighted by Gasteiger charge is 2.40. The number of sulfonamides is 1. The van der Waals surface area contributed by atoms with Gasteiger partial charge in [-0.1, -0.05) is 36.7 Å². The summed E-state index contributed by atoms with van der Waals surface area (Å²) in [5, 5.41) is 0.443. The van der Waals surface area contributed by atoms with Crippen molar-refractivity contribution in [3.8, 4) is 0 Å². The fraction of sp³-hybridized carbons (Fsp3) is 0.611. The van der Waals surface area contributed by atoms with Crippen molar-refractivity contribution in [1.82, 2.24) is 9.21 Å². The smallest absolute Gasteiger partial charge is 0.241 e. The van der Waals surface area contributed by atoms with Crippen LogP contribution in [-0.2, 0) is 20.6 Å². The molecular formula is C18H25ClN2O3S. The fourth-order valence-corrected chi connectivity index (χ4v) is 5.74. The van der Waals surface area contributed by atoms with Gasteiger partial charge < -0.3 is 4.90 Å².